The van der Waals surface area contributed by atoms with Crippen molar-refractivity contribution in [2.75, 3.05) is 6.54 Å². The first-order chi connectivity index (χ1) is 9.59. The number of hydrogen-bond donors (Lipinski definition) is 1. The van der Waals surface area contributed by atoms with Crippen molar-refractivity contribution in [1.82, 2.24) is 10.1 Å². The molecule has 2 rings (SSSR count). The van der Waals surface area contributed by atoms with E-state index in [2.05, 4.69) is 39.1 Å². The van der Waals surface area contributed by atoms with Crippen LogP contribution in [0.5, 0.6) is 0 Å². The van der Waals surface area contributed by atoms with Gasteiger partial charge in [0.15, 0.2) is 5.82 Å². The summed E-state index contributed by atoms with van der Waals surface area (Å²) in [4.78, 5) is 5.64. The summed E-state index contributed by atoms with van der Waals surface area (Å²) in [6, 6.07) is 8.09. The maximum absolute atomic E-state index is 5.80. The molecule has 20 heavy (non-hydrogen) atoms. The van der Waals surface area contributed by atoms with Crippen LogP contribution >= 0.6 is 27.7 Å². The van der Waals surface area contributed by atoms with Crippen molar-refractivity contribution in [2.45, 2.75) is 36.3 Å². The van der Waals surface area contributed by atoms with E-state index in [1.807, 2.05) is 25.1 Å². The van der Waals surface area contributed by atoms with Crippen LogP contribution in [0.25, 0.3) is 0 Å². The first kappa shape index (κ1) is 15.5. The number of rotatable bonds is 6. The summed E-state index contributed by atoms with van der Waals surface area (Å²) in [5.41, 5.74) is 5.57. The quantitative estimate of drug-likeness (QED) is 0.799. The van der Waals surface area contributed by atoms with Gasteiger partial charge in [0.25, 0.3) is 0 Å². The van der Waals surface area contributed by atoms with Gasteiger partial charge in [-0.2, -0.15) is 4.98 Å². The van der Waals surface area contributed by atoms with Crippen molar-refractivity contribution in [3.8, 4) is 0 Å². The fourth-order valence-corrected chi connectivity index (χ4v) is 3.06. The van der Waals surface area contributed by atoms with Gasteiger partial charge in [-0.3, -0.25) is 0 Å². The molecule has 1 heterocycles. The highest BCUT2D eigenvalue weighted by Gasteiger charge is 2.29. The maximum atomic E-state index is 5.80. The van der Waals surface area contributed by atoms with Gasteiger partial charge in [0.05, 0.1) is 11.2 Å². The molecule has 0 bridgehead atoms. The molecule has 0 radical (unpaired) electrons. The molecule has 108 valence electrons. The Morgan fingerprint density at radius 3 is 2.80 bits per heavy atom. The first-order valence-electron chi connectivity index (χ1n) is 6.49. The maximum Gasteiger partial charge on any atom is 0.233 e. The lowest BCUT2D eigenvalue weighted by molar-refractivity contribution is 0.289. The predicted octanol–water partition coefficient (Wildman–Crippen LogP) is 3.75. The SMILES string of the molecule is CCC(C)(CN)c1nc(CSc2ccccc2Br)no1. The minimum absolute atomic E-state index is 0.233. The lowest BCUT2D eigenvalue weighted by Gasteiger charge is -2.20. The summed E-state index contributed by atoms with van der Waals surface area (Å²) in [6.07, 6.45) is 0.877. The van der Waals surface area contributed by atoms with Gasteiger partial charge in [-0.1, -0.05) is 24.2 Å². The Morgan fingerprint density at radius 2 is 2.15 bits per heavy atom. The standard InChI is InChI=1S/C14H18BrN3OS/c1-3-14(2,9-16)13-17-12(18-19-13)8-20-11-7-5-4-6-10(11)15/h4-7H,3,8-9,16H2,1-2H3. The molecule has 2 N–H and O–H groups in total. The monoisotopic (exact) mass is 355 g/mol. The molecule has 2 aromatic rings. The molecule has 0 saturated heterocycles. The van der Waals surface area contributed by atoms with E-state index >= 15 is 0 Å². The number of halogens is 1. The predicted molar refractivity (Wildman–Crippen MR) is 84.7 cm³/mol. The largest absolute Gasteiger partial charge is 0.339 e. The normalized spacial score (nSPS) is 14.2. The van der Waals surface area contributed by atoms with Crippen LogP contribution < -0.4 is 5.73 Å². The number of nitrogens with two attached hydrogens (primary N) is 1. The van der Waals surface area contributed by atoms with Crippen LogP contribution in [0.3, 0.4) is 0 Å². The molecule has 0 aliphatic heterocycles. The van der Waals surface area contributed by atoms with E-state index in [4.69, 9.17) is 10.3 Å². The molecule has 1 unspecified atom stereocenters. The molecular weight excluding hydrogens is 338 g/mol. The van der Waals surface area contributed by atoms with Gasteiger partial charge in [-0.05, 0) is 41.4 Å². The van der Waals surface area contributed by atoms with E-state index < -0.39 is 0 Å². The second-order valence-corrected chi connectivity index (χ2v) is 6.72. The highest BCUT2D eigenvalue weighted by Crippen LogP contribution is 2.30. The van der Waals surface area contributed by atoms with E-state index in [0.29, 0.717) is 24.0 Å². The van der Waals surface area contributed by atoms with Crippen LogP contribution in [0, 0.1) is 0 Å². The van der Waals surface area contributed by atoms with E-state index in [1.54, 1.807) is 11.8 Å². The Bertz CT molecular complexity index is 569. The molecule has 0 amide bonds. The minimum Gasteiger partial charge on any atom is -0.339 e. The van der Waals surface area contributed by atoms with Gasteiger partial charge in [-0.15, -0.1) is 11.8 Å². The number of thioether (sulfide) groups is 1. The fourth-order valence-electron chi connectivity index (χ4n) is 1.64. The molecule has 6 heteroatoms. The highest BCUT2D eigenvalue weighted by molar-refractivity contribution is 9.10. The summed E-state index contributed by atoms with van der Waals surface area (Å²) in [5.74, 6) is 2.01. The van der Waals surface area contributed by atoms with Gasteiger partial charge in [0, 0.05) is 15.9 Å². The number of nitrogens with zero attached hydrogens (tertiary/aromatic N) is 2. The van der Waals surface area contributed by atoms with Crippen molar-refractivity contribution >= 4 is 27.7 Å². The van der Waals surface area contributed by atoms with E-state index in [0.717, 1.165) is 15.8 Å². The second kappa shape index (κ2) is 6.74. The van der Waals surface area contributed by atoms with Gasteiger partial charge < -0.3 is 10.3 Å². The van der Waals surface area contributed by atoms with Crippen LogP contribution in [-0.2, 0) is 11.2 Å². The Morgan fingerprint density at radius 1 is 1.40 bits per heavy atom. The lowest BCUT2D eigenvalue weighted by Crippen LogP contribution is -2.31. The molecule has 0 spiro atoms. The van der Waals surface area contributed by atoms with Crippen molar-refractivity contribution in [3.63, 3.8) is 0 Å². The second-order valence-electron chi connectivity index (χ2n) is 4.85. The molecule has 0 aliphatic carbocycles. The average molecular weight is 356 g/mol. The minimum atomic E-state index is -0.233. The summed E-state index contributed by atoms with van der Waals surface area (Å²) in [6.45, 7) is 4.63. The van der Waals surface area contributed by atoms with Crippen LogP contribution in [-0.4, -0.2) is 16.7 Å². The summed E-state index contributed by atoms with van der Waals surface area (Å²) >= 11 is 5.20. The smallest absolute Gasteiger partial charge is 0.233 e. The van der Waals surface area contributed by atoms with Crippen LogP contribution in [0.15, 0.2) is 38.2 Å². The zero-order chi connectivity index (χ0) is 14.6. The lowest BCUT2D eigenvalue weighted by atomic mass is 9.88. The molecule has 1 aromatic carbocycles. The molecular formula is C14H18BrN3OS. The first-order valence-corrected chi connectivity index (χ1v) is 8.27. The summed E-state index contributed by atoms with van der Waals surface area (Å²) < 4.78 is 6.44. The Labute approximate surface area is 131 Å². The average Bonchev–Trinajstić information content (AvgIpc) is 2.95. The van der Waals surface area contributed by atoms with Crippen LogP contribution in [0.2, 0.25) is 0 Å². The number of aromatic nitrogens is 2. The highest BCUT2D eigenvalue weighted by atomic mass is 79.9. The van der Waals surface area contributed by atoms with Crippen molar-refractivity contribution < 1.29 is 4.52 Å². The van der Waals surface area contributed by atoms with Crippen LogP contribution in [0.4, 0.5) is 0 Å². The van der Waals surface area contributed by atoms with Gasteiger partial charge >= 0.3 is 0 Å². The summed E-state index contributed by atoms with van der Waals surface area (Å²) in [5, 5.41) is 4.05. The molecule has 1 atom stereocenters. The third kappa shape index (κ3) is 3.42. The molecule has 0 fully saturated rings. The van der Waals surface area contributed by atoms with Crippen molar-refractivity contribution in [3.05, 3.63) is 40.5 Å². The molecule has 0 saturated carbocycles. The van der Waals surface area contributed by atoms with Crippen molar-refractivity contribution in [1.29, 1.82) is 0 Å². The van der Waals surface area contributed by atoms with Crippen LogP contribution in [0.1, 0.15) is 32.0 Å². The topological polar surface area (TPSA) is 64.9 Å². The Balaban J connectivity index is 2.05. The number of hydrogen-bond acceptors (Lipinski definition) is 5. The fraction of sp³-hybridized carbons (Fsp3) is 0.429. The molecule has 4 nitrogen and oxygen atoms in total. The third-order valence-electron chi connectivity index (χ3n) is 3.41. The van der Waals surface area contributed by atoms with Gasteiger partial charge in [0.2, 0.25) is 5.89 Å². The zero-order valence-corrected chi connectivity index (χ0v) is 14.0. The van der Waals surface area contributed by atoms with Crippen molar-refractivity contribution in [2.24, 2.45) is 5.73 Å². The summed E-state index contributed by atoms with van der Waals surface area (Å²) in [7, 11) is 0. The molecule has 0 aliphatic rings. The number of benzene rings is 1. The third-order valence-corrected chi connectivity index (χ3v) is 5.43. The Kier molecular flexibility index (Phi) is 5.23. The van der Waals surface area contributed by atoms with E-state index in [9.17, 15) is 0 Å². The van der Waals surface area contributed by atoms with Gasteiger partial charge in [-0.25, -0.2) is 0 Å². The van der Waals surface area contributed by atoms with Gasteiger partial charge in [0.1, 0.15) is 0 Å². The Hall–Kier alpha value is -0.850. The van der Waals surface area contributed by atoms with E-state index in [-0.39, 0.29) is 5.41 Å². The molecule has 1 aromatic heterocycles. The van der Waals surface area contributed by atoms with E-state index in [1.165, 1.54) is 0 Å². The zero-order valence-electron chi connectivity index (χ0n) is 11.6.